The van der Waals surface area contributed by atoms with Gasteiger partial charge in [-0.25, -0.2) is 0 Å². The van der Waals surface area contributed by atoms with Gasteiger partial charge in [-0.05, 0) is 12.5 Å². The monoisotopic (exact) mass is 196 g/mol. The molecule has 0 spiro atoms. The summed E-state index contributed by atoms with van der Waals surface area (Å²) in [4.78, 5) is 21.8. The third kappa shape index (κ3) is 2.35. The molecule has 0 fully saturated rings. The van der Waals surface area contributed by atoms with Gasteiger partial charge in [-0.15, -0.1) is 0 Å². The van der Waals surface area contributed by atoms with Crippen LogP contribution in [-0.2, 0) is 18.3 Å². The molecular formula is C9H12N2O3. The summed E-state index contributed by atoms with van der Waals surface area (Å²) in [5.41, 5.74) is 6.24. The number of carbonyl (C=O) groups is 1. The summed E-state index contributed by atoms with van der Waals surface area (Å²) >= 11 is 0. The minimum absolute atomic E-state index is 0.0569. The fourth-order valence-electron chi connectivity index (χ4n) is 1.23. The van der Waals surface area contributed by atoms with Gasteiger partial charge in [0.15, 0.2) is 0 Å². The number of hydrogen-bond donors (Lipinski definition) is 2. The van der Waals surface area contributed by atoms with E-state index >= 15 is 0 Å². The predicted molar refractivity (Wildman–Crippen MR) is 52.1 cm³/mol. The van der Waals surface area contributed by atoms with Gasteiger partial charge in [0.25, 0.3) is 5.56 Å². The highest BCUT2D eigenvalue weighted by Gasteiger charge is 2.05. The van der Waals surface area contributed by atoms with Gasteiger partial charge in [0.2, 0.25) is 0 Å². The molecule has 0 aromatic carbocycles. The van der Waals surface area contributed by atoms with Crippen LogP contribution in [0.3, 0.4) is 0 Å². The van der Waals surface area contributed by atoms with Crippen LogP contribution in [0.25, 0.3) is 0 Å². The van der Waals surface area contributed by atoms with Crippen LogP contribution < -0.4 is 11.3 Å². The maximum atomic E-state index is 11.4. The number of carboxylic acids is 1. The summed E-state index contributed by atoms with van der Waals surface area (Å²) in [5, 5.41) is 8.46. The first-order valence-corrected chi connectivity index (χ1v) is 4.17. The average Bonchev–Trinajstić information content (AvgIpc) is 2.08. The molecule has 0 saturated heterocycles. The second kappa shape index (κ2) is 3.95. The summed E-state index contributed by atoms with van der Waals surface area (Å²) in [6.45, 7) is 0. The lowest BCUT2D eigenvalue weighted by atomic mass is 10.1. The van der Waals surface area contributed by atoms with Crippen LogP contribution in [0.5, 0.6) is 0 Å². The second-order valence-corrected chi connectivity index (χ2v) is 3.11. The van der Waals surface area contributed by atoms with Gasteiger partial charge in [-0.3, -0.25) is 9.59 Å². The Kier molecular flexibility index (Phi) is 2.91. The van der Waals surface area contributed by atoms with E-state index in [9.17, 15) is 9.59 Å². The van der Waals surface area contributed by atoms with Crippen LogP contribution in [-0.4, -0.2) is 15.6 Å². The highest BCUT2D eigenvalue weighted by molar-refractivity contribution is 5.67. The van der Waals surface area contributed by atoms with Crippen molar-refractivity contribution < 1.29 is 9.90 Å². The Bertz CT molecular complexity index is 409. The molecule has 0 amide bonds. The van der Waals surface area contributed by atoms with Crippen molar-refractivity contribution in [3.63, 3.8) is 0 Å². The molecule has 14 heavy (non-hydrogen) atoms. The van der Waals surface area contributed by atoms with Gasteiger partial charge in [-0.1, -0.05) is 0 Å². The Balaban J connectivity index is 2.97. The van der Waals surface area contributed by atoms with Gasteiger partial charge in [0.05, 0.1) is 0 Å². The van der Waals surface area contributed by atoms with Crippen LogP contribution in [0.4, 0.5) is 5.69 Å². The van der Waals surface area contributed by atoms with Crippen molar-refractivity contribution in [3.8, 4) is 0 Å². The summed E-state index contributed by atoms with van der Waals surface area (Å²) in [7, 11) is 1.59. The molecule has 0 aliphatic heterocycles. The van der Waals surface area contributed by atoms with Crippen LogP contribution >= 0.6 is 0 Å². The number of nitrogens with two attached hydrogens (primary N) is 1. The Morgan fingerprint density at radius 2 is 2.29 bits per heavy atom. The zero-order valence-corrected chi connectivity index (χ0v) is 7.86. The molecule has 1 rings (SSSR count). The number of aliphatic carboxylic acids is 1. The van der Waals surface area contributed by atoms with Crippen LogP contribution in [0.2, 0.25) is 0 Å². The van der Waals surface area contributed by atoms with Crippen molar-refractivity contribution in [2.75, 3.05) is 5.73 Å². The number of hydrogen-bond acceptors (Lipinski definition) is 3. The van der Waals surface area contributed by atoms with Crippen molar-refractivity contribution >= 4 is 11.7 Å². The molecule has 5 nitrogen and oxygen atoms in total. The maximum Gasteiger partial charge on any atom is 0.303 e. The van der Waals surface area contributed by atoms with Crippen molar-refractivity contribution in [2.24, 2.45) is 7.05 Å². The van der Waals surface area contributed by atoms with E-state index in [0.717, 1.165) is 0 Å². The highest BCUT2D eigenvalue weighted by atomic mass is 16.4. The van der Waals surface area contributed by atoms with Crippen molar-refractivity contribution in [1.82, 2.24) is 4.57 Å². The van der Waals surface area contributed by atoms with Gasteiger partial charge in [0.1, 0.15) is 0 Å². The SMILES string of the molecule is Cn1cc(N)cc(CCC(=O)O)c1=O. The number of nitrogens with zero attached hydrogens (tertiary/aromatic N) is 1. The first kappa shape index (κ1) is 10.3. The zero-order valence-electron chi connectivity index (χ0n) is 7.86. The summed E-state index contributed by atoms with van der Waals surface area (Å²) in [6, 6.07) is 1.52. The summed E-state index contributed by atoms with van der Waals surface area (Å²) in [6.07, 6.45) is 1.67. The number of rotatable bonds is 3. The quantitative estimate of drug-likeness (QED) is 0.711. The molecule has 1 aromatic heterocycles. The normalized spacial score (nSPS) is 10.1. The van der Waals surface area contributed by atoms with E-state index < -0.39 is 5.97 Å². The van der Waals surface area contributed by atoms with E-state index in [1.165, 1.54) is 16.8 Å². The van der Waals surface area contributed by atoms with E-state index in [1.807, 2.05) is 0 Å². The first-order chi connectivity index (χ1) is 6.50. The van der Waals surface area contributed by atoms with E-state index in [0.29, 0.717) is 11.3 Å². The Labute approximate surface area is 80.8 Å². The molecular weight excluding hydrogens is 184 g/mol. The molecule has 0 aliphatic carbocycles. The number of aryl methyl sites for hydroxylation is 2. The molecule has 1 aromatic rings. The predicted octanol–water partition coefficient (Wildman–Crippen LogP) is -0.0153. The molecule has 0 aliphatic rings. The van der Waals surface area contributed by atoms with Crippen molar-refractivity contribution in [2.45, 2.75) is 12.8 Å². The third-order valence-electron chi connectivity index (χ3n) is 1.89. The van der Waals surface area contributed by atoms with Gasteiger partial charge in [0, 0.05) is 30.9 Å². The van der Waals surface area contributed by atoms with Gasteiger partial charge in [-0.2, -0.15) is 0 Å². The maximum absolute atomic E-state index is 11.4. The summed E-state index contributed by atoms with van der Waals surface area (Å²) < 4.78 is 1.35. The number of pyridine rings is 1. The molecule has 0 radical (unpaired) electrons. The number of aromatic nitrogens is 1. The van der Waals surface area contributed by atoms with E-state index in [1.54, 1.807) is 7.05 Å². The molecule has 0 atom stereocenters. The molecule has 0 bridgehead atoms. The standard InChI is InChI=1S/C9H12N2O3/c1-11-5-7(10)4-6(9(11)14)2-3-8(12)13/h4-5H,2-3,10H2,1H3,(H,12,13). The minimum atomic E-state index is -0.922. The highest BCUT2D eigenvalue weighted by Crippen LogP contribution is 2.03. The minimum Gasteiger partial charge on any atom is -0.481 e. The fraction of sp³-hybridized carbons (Fsp3) is 0.333. The zero-order chi connectivity index (χ0) is 10.7. The average molecular weight is 196 g/mol. The smallest absolute Gasteiger partial charge is 0.303 e. The van der Waals surface area contributed by atoms with Crippen LogP contribution in [0.1, 0.15) is 12.0 Å². The Morgan fingerprint density at radius 1 is 1.64 bits per heavy atom. The number of carboxylic acid groups (broad SMARTS) is 1. The molecule has 5 heteroatoms. The first-order valence-electron chi connectivity index (χ1n) is 4.17. The summed E-state index contributed by atoms with van der Waals surface area (Å²) in [5.74, 6) is -0.922. The lowest BCUT2D eigenvalue weighted by molar-refractivity contribution is -0.136. The topological polar surface area (TPSA) is 85.3 Å². The Morgan fingerprint density at radius 3 is 2.86 bits per heavy atom. The van der Waals surface area contributed by atoms with E-state index in [-0.39, 0.29) is 18.4 Å². The van der Waals surface area contributed by atoms with Crippen molar-refractivity contribution in [3.05, 3.63) is 28.2 Å². The Hall–Kier alpha value is -1.78. The number of anilines is 1. The molecule has 1 heterocycles. The largest absolute Gasteiger partial charge is 0.481 e. The molecule has 3 N–H and O–H groups in total. The van der Waals surface area contributed by atoms with E-state index in [2.05, 4.69) is 0 Å². The number of nitrogen functional groups attached to an aromatic ring is 1. The van der Waals surface area contributed by atoms with Gasteiger partial charge < -0.3 is 15.4 Å². The lowest BCUT2D eigenvalue weighted by Gasteiger charge is -2.03. The second-order valence-electron chi connectivity index (χ2n) is 3.11. The fourth-order valence-corrected chi connectivity index (χ4v) is 1.23. The van der Waals surface area contributed by atoms with Crippen LogP contribution in [0.15, 0.2) is 17.1 Å². The van der Waals surface area contributed by atoms with Crippen LogP contribution in [0, 0.1) is 0 Å². The third-order valence-corrected chi connectivity index (χ3v) is 1.89. The molecule has 76 valence electrons. The van der Waals surface area contributed by atoms with Crippen molar-refractivity contribution in [1.29, 1.82) is 0 Å². The van der Waals surface area contributed by atoms with E-state index in [4.69, 9.17) is 10.8 Å². The molecule has 0 saturated carbocycles. The van der Waals surface area contributed by atoms with Gasteiger partial charge >= 0.3 is 5.97 Å². The lowest BCUT2D eigenvalue weighted by Crippen LogP contribution is -2.21. The molecule has 0 unspecified atom stereocenters.